The number of fused-ring (bicyclic) bond motifs is 1. The largest absolute Gasteiger partial charge is 0.417 e. The Kier molecular flexibility index (Phi) is 8.98. The van der Waals surface area contributed by atoms with Crippen molar-refractivity contribution in [3.63, 3.8) is 0 Å². The van der Waals surface area contributed by atoms with Gasteiger partial charge in [-0.2, -0.15) is 32.4 Å². The van der Waals surface area contributed by atoms with E-state index in [0.29, 0.717) is 43.8 Å². The quantitative estimate of drug-likeness (QED) is 0.146. The normalized spacial score (nSPS) is 18.9. The number of benzene rings is 2. The molecule has 1 unspecified atom stereocenters. The molecule has 1 fully saturated rings. The molecule has 2 aliphatic rings. The molecule has 2 amide bonds. The summed E-state index contributed by atoms with van der Waals surface area (Å²) in [4.78, 5) is 30.5. The molecular weight excluding hydrogens is 643 g/mol. The van der Waals surface area contributed by atoms with Gasteiger partial charge in [-0.15, -0.1) is 0 Å². The summed E-state index contributed by atoms with van der Waals surface area (Å²) in [5.74, 6) is -4.35. The first-order valence-corrected chi connectivity index (χ1v) is 12.8. The van der Waals surface area contributed by atoms with Crippen molar-refractivity contribution in [2.24, 2.45) is 0 Å². The Bertz CT molecular complexity index is 1640. The topological polar surface area (TPSA) is 65.5 Å². The number of amides is 2. The molecule has 1 saturated heterocycles. The van der Waals surface area contributed by atoms with Gasteiger partial charge in [-0.1, -0.05) is 24.6 Å². The van der Waals surface area contributed by atoms with E-state index < -0.39 is 70.1 Å². The summed E-state index contributed by atoms with van der Waals surface area (Å²) in [6, 6.07) is 6.07. The van der Waals surface area contributed by atoms with Crippen molar-refractivity contribution in [2.75, 3.05) is 11.9 Å². The number of pyridine rings is 1. The number of nitrogens with zero attached hydrogens (tertiary/aromatic N) is 3. The first-order chi connectivity index (χ1) is 20.1. The first kappa shape index (κ1) is 33.1. The molecule has 1 radical (unpaired) electrons. The molecule has 1 N–H and O–H groups in total. The SMILES string of the molecule is CC12[C-]=C(C(=O)Nc3ccc(C(F)(F)F)cc3-c3cncc(C(F)(F)F)c3)C(=O)N(Cc3cccc(F)c3F)N1CCC2.[Mn]. The molecule has 0 aliphatic carbocycles. The molecule has 0 bridgehead atoms. The predicted molar refractivity (Wildman–Crippen MR) is 136 cm³/mol. The maximum atomic E-state index is 14.5. The maximum Gasteiger partial charge on any atom is 0.417 e. The Morgan fingerprint density at radius 1 is 1.02 bits per heavy atom. The van der Waals surface area contributed by atoms with Crippen LogP contribution in [-0.4, -0.2) is 38.9 Å². The van der Waals surface area contributed by atoms with Crippen LogP contribution in [0.4, 0.5) is 40.8 Å². The first-order valence-electron chi connectivity index (χ1n) is 12.8. The summed E-state index contributed by atoms with van der Waals surface area (Å²) in [5, 5.41) is 4.99. The number of hydrazine groups is 1. The molecule has 3 aromatic rings. The van der Waals surface area contributed by atoms with E-state index >= 15 is 0 Å². The van der Waals surface area contributed by atoms with Crippen LogP contribution in [0.5, 0.6) is 0 Å². The fourth-order valence-electron chi connectivity index (χ4n) is 5.16. The minimum atomic E-state index is -4.87. The van der Waals surface area contributed by atoms with Crippen LogP contribution in [-0.2, 0) is 45.6 Å². The van der Waals surface area contributed by atoms with E-state index in [-0.39, 0.29) is 33.9 Å². The second kappa shape index (κ2) is 11.9. The second-order valence-corrected chi connectivity index (χ2v) is 10.2. The van der Waals surface area contributed by atoms with Gasteiger partial charge in [0.1, 0.15) is 5.91 Å². The van der Waals surface area contributed by atoms with E-state index in [2.05, 4.69) is 16.4 Å². The van der Waals surface area contributed by atoms with Gasteiger partial charge in [0.05, 0.1) is 17.7 Å². The third-order valence-electron chi connectivity index (χ3n) is 7.29. The zero-order valence-corrected chi connectivity index (χ0v) is 23.8. The van der Waals surface area contributed by atoms with Crippen LogP contribution < -0.4 is 5.32 Å². The number of halogens is 8. The Labute approximate surface area is 256 Å². The zero-order valence-electron chi connectivity index (χ0n) is 22.6. The standard InChI is InChI=1S/C29H21F8N4O2.Mn/c1-27-8-3-9-41(27)40(15-16-4-2-5-22(30)24(16)31)26(43)21(12-27)25(42)39-23-7-6-18(28(32,33)34)11-20(23)17-10-19(14-38-13-17)29(35,36)37;/h2,4-7,10-11,13-14H,3,8-9,15H2,1H3,(H,39,42);/q-1;. The van der Waals surface area contributed by atoms with E-state index in [1.807, 2.05) is 0 Å². The Morgan fingerprint density at radius 3 is 2.41 bits per heavy atom. The molecule has 15 heteroatoms. The van der Waals surface area contributed by atoms with Crippen LogP contribution in [0.25, 0.3) is 11.1 Å². The van der Waals surface area contributed by atoms with Crippen molar-refractivity contribution in [3.05, 3.63) is 94.8 Å². The van der Waals surface area contributed by atoms with Gasteiger partial charge in [0.2, 0.25) is 0 Å². The molecule has 3 heterocycles. The third-order valence-corrected chi connectivity index (χ3v) is 7.29. The minimum Gasteiger partial charge on any atom is -0.375 e. The van der Waals surface area contributed by atoms with Crippen molar-refractivity contribution in [1.29, 1.82) is 0 Å². The van der Waals surface area contributed by atoms with Crippen molar-refractivity contribution in [1.82, 2.24) is 15.0 Å². The van der Waals surface area contributed by atoms with Crippen molar-refractivity contribution >= 4 is 17.5 Å². The molecule has 0 spiro atoms. The summed E-state index contributed by atoms with van der Waals surface area (Å²) in [5.41, 5.74) is -5.29. The van der Waals surface area contributed by atoms with Crippen molar-refractivity contribution in [2.45, 2.75) is 44.2 Å². The number of hydrogen-bond acceptors (Lipinski definition) is 4. The van der Waals surface area contributed by atoms with Crippen molar-refractivity contribution in [3.8, 4) is 11.1 Å². The smallest absolute Gasteiger partial charge is 0.375 e. The van der Waals surface area contributed by atoms with Gasteiger partial charge >= 0.3 is 12.4 Å². The van der Waals surface area contributed by atoms with E-state index in [9.17, 15) is 44.7 Å². The summed E-state index contributed by atoms with van der Waals surface area (Å²) < 4.78 is 109. The minimum absolute atomic E-state index is 0. The fraction of sp³-hybridized carbons (Fsp3) is 0.276. The molecule has 1 atom stereocenters. The predicted octanol–water partition coefficient (Wildman–Crippen LogP) is 6.54. The second-order valence-electron chi connectivity index (χ2n) is 10.2. The Hall–Kier alpha value is -3.81. The molecule has 5 rings (SSSR count). The summed E-state index contributed by atoms with van der Waals surface area (Å²) in [6.07, 6.45) is -4.45. The average molecular weight is 664 g/mol. The molecule has 233 valence electrons. The summed E-state index contributed by atoms with van der Waals surface area (Å²) >= 11 is 0. The van der Waals surface area contributed by atoms with Crippen LogP contribution in [0.15, 0.2) is 60.4 Å². The molecule has 2 aliphatic heterocycles. The fourth-order valence-corrected chi connectivity index (χ4v) is 5.16. The number of carbonyl (C=O) groups is 2. The van der Waals surface area contributed by atoms with Gasteiger partial charge in [0.25, 0.3) is 0 Å². The summed E-state index contributed by atoms with van der Waals surface area (Å²) in [6.45, 7) is 1.58. The van der Waals surface area contributed by atoms with E-state index in [4.69, 9.17) is 0 Å². The molecule has 0 saturated carbocycles. The monoisotopic (exact) mass is 664 g/mol. The molecular formula is C29H21F8MnN4O2-. The number of carbonyl (C=O) groups excluding carboxylic acids is 2. The van der Waals surface area contributed by atoms with E-state index in [1.165, 1.54) is 12.1 Å². The average Bonchev–Trinajstić information content (AvgIpc) is 3.33. The number of rotatable bonds is 5. The van der Waals surface area contributed by atoms with Crippen LogP contribution in [0.1, 0.15) is 36.5 Å². The number of nitrogens with one attached hydrogen (secondary N) is 1. The summed E-state index contributed by atoms with van der Waals surface area (Å²) in [7, 11) is 0. The maximum absolute atomic E-state index is 14.5. The van der Waals surface area contributed by atoms with E-state index in [1.54, 1.807) is 11.9 Å². The zero-order chi connectivity index (χ0) is 31.3. The van der Waals surface area contributed by atoms with Gasteiger partial charge in [0, 0.05) is 63.9 Å². The number of aromatic nitrogens is 1. The van der Waals surface area contributed by atoms with Crippen LogP contribution in [0, 0.1) is 17.7 Å². The van der Waals surface area contributed by atoms with Gasteiger partial charge in [-0.05, 0) is 43.2 Å². The van der Waals surface area contributed by atoms with Crippen LogP contribution >= 0.6 is 0 Å². The number of alkyl halides is 6. The van der Waals surface area contributed by atoms with Gasteiger partial charge in [-0.25, -0.2) is 13.8 Å². The Morgan fingerprint density at radius 2 is 1.73 bits per heavy atom. The number of hydrogen-bond donors (Lipinski definition) is 1. The van der Waals surface area contributed by atoms with Crippen molar-refractivity contribution < 1.29 is 61.8 Å². The molecule has 1 aromatic heterocycles. The molecule has 2 aromatic carbocycles. The van der Waals surface area contributed by atoms with Gasteiger partial charge < -0.3 is 19.9 Å². The van der Waals surface area contributed by atoms with Gasteiger partial charge in [0.15, 0.2) is 17.5 Å². The van der Waals surface area contributed by atoms with Crippen LogP contribution in [0.2, 0.25) is 0 Å². The molecule has 44 heavy (non-hydrogen) atoms. The van der Waals surface area contributed by atoms with Gasteiger partial charge in [-0.3, -0.25) is 4.98 Å². The van der Waals surface area contributed by atoms with E-state index in [0.717, 1.165) is 23.3 Å². The Balaban J connectivity index is 0.00000442. The third kappa shape index (κ3) is 6.35. The van der Waals surface area contributed by atoms with Crippen LogP contribution in [0.3, 0.4) is 0 Å². The number of anilines is 1. The molecule has 6 nitrogen and oxygen atoms in total.